The number of benzene rings is 2. The fourth-order valence-electron chi connectivity index (χ4n) is 5.76. The fourth-order valence-corrected chi connectivity index (χ4v) is 5.76. The van der Waals surface area contributed by atoms with E-state index in [1.54, 1.807) is 52.1 Å². The third kappa shape index (κ3) is 5.33. The molecule has 40 heavy (non-hydrogen) atoms. The topological polar surface area (TPSA) is 110 Å². The Morgan fingerprint density at radius 3 is 2.25 bits per heavy atom. The molecule has 4 rings (SSSR count). The van der Waals surface area contributed by atoms with Gasteiger partial charge in [0.15, 0.2) is 5.78 Å². The van der Waals surface area contributed by atoms with E-state index >= 15 is 0 Å². The van der Waals surface area contributed by atoms with E-state index in [0.717, 1.165) is 5.56 Å². The lowest BCUT2D eigenvalue weighted by Crippen LogP contribution is -2.48. The number of carbonyl (C=O) groups is 3. The molecule has 0 amide bonds. The first-order valence-corrected chi connectivity index (χ1v) is 13.3. The molecule has 1 aliphatic carbocycles. The number of rotatable bonds is 9. The summed E-state index contributed by atoms with van der Waals surface area (Å²) in [7, 11) is 4.62. The van der Waals surface area contributed by atoms with Crippen LogP contribution in [0.5, 0.6) is 17.2 Å². The third-order valence-corrected chi connectivity index (χ3v) is 7.48. The second-order valence-corrected chi connectivity index (χ2v) is 9.61. The van der Waals surface area contributed by atoms with E-state index < -0.39 is 35.6 Å². The maximum Gasteiger partial charge on any atom is 0.336 e. The van der Waals surface area contributed by atoms with Crippen LogP contribution >= 0.6 is 0 Å². The van der Waals surface area contributed by atoms with Crippen molar-refractivity contribution in [2.45, 2.75) is 39.0 Å². The first-order valence-electron chi connectivity index (χ1n) is 13.3. The van der Waals surface area contributed by atoms with Gasteiger partial charge in [-0.05, 0) is 63.1 Å². The molecule has 0 spiro atoms. The van der Waals surface area contributed by atoms with Gasteiger partial charge in [0.2, 0.25) is 0 Å². The van der Waals surface area contributed by atoms with E-state index in [0.29, 0.717) is 40.6 Å². The molecule has 4 atom stereocenters. The minimum Gasteiger partial charge on any atom is -0.497 e. The second-order valence-electron chi connectivity index (χ2n) is 9.61. The Kier molecular flexibility index (Phi) is 8.92. The maximum atomic E-state index is 14.5. The number of fused-ring (bicyclic) bond motifs is 1. The Bertz CT molecular complexity index is 1360. The molecule has 2 aromatic carbocycles. The number of Topliss-reactive ketones (excluding diaryl/α,β-unsaturated/α-hetero) is 1. The summed E-state index contributed by atoms with van der Waals surface area (Å²) in [6.07, 6.45) is 0.309. The number of nitrogens with zero attached hydrogens (tertiary/aromatic N) is 1. The van der Waals surface area contributed by atoms with Crippen LogP contribution in [0.1, 0.15) is 50.2 Å². The predicted octanol–water partition coefficient (Wildman–Crippen LogP) is 4.64. The minimum absolute atomic E-state index is 0.124. The Balaban J connectivity index is 1.95. The molecule has 0 saturated heterocycles. The number of ketones is 1. The van der Waals surface area contributed by atoms with Gasteiger partial charge in [0.1, 0.15) is 23.2 Å². The molecule has 2 aliphatic rings. The van der Waals surface area contributed by atoms with Crippen LogP contribution in [0, 0.1) is 11.8 Å². The van der Waals surface area contributed by atoms with Crippen molar-refractivity contribution in [1.29, 1.82) is 0 Å². The van der Waals surface area contributed by atoms with Crippen molar-refractivity contribution in [2.24, 2.45) is 16.8 Å². The van der Waals surface area contributed by atoms with Gasteiger partial charge in [0, 0.05) is 28.8 Å². The molecule has 9 nitrogen and oxygen atoms in total. The molecule has 1 fully saturated rings. The number of aliphatic imine (C=N–C) groups is 1. The molecule has 0 bridgehead atoms. The normalized spacial score (nSPS) is 22.1. The number of methoxy groups -OCH3 is 3. The summed E-state index contributed by atoms with van der Waals surface area (Å²) in [6.45, 7) is 5.43. The molecule has 2 aromatic rings. The Morgan fingerprint density at radius 2 is 1.60 bits per heavy atom. The van der Waals surface area contributed by atoms with Crippen molar-refractivity contribution in [3.8, 4) is 17.2 Å². The molecule has 1 saturated carbocycles. The van der Waals surface area contributed by atoms with Gasteiger partial charge in [-0.25, -0.2) is 4.79 Å². The molecule has 1 unspecified atom stereocenters. The molecular formula is C31H35NO8. The highest BCUT2D eigenvalue weighted by atomic mass is 16.5. The Morgan fingerprint density at radius 1 is 0.900 bits per heavy atom. The highest BCUT2D eigenvalue weighted by molar-refractivity contribution is 6.18. The van der Waals surface area contributed by atoms with E-state index in [1.807, 2.05) is 18.2 Å². The lowest BCUT2D eigenvalue weighted by molar-refractivity contribution is -0.153. The monoisotopic (exact) mass is 549 g/mol. The Hall–Kier alpha value is -4.14. The van der Waals surface area contributed by atoms with E-state index in [4.69, 9.17) is 28.7 Å². The van der Waals surface area contributed by atoms with Crippen LogP contribution in [0.4, 0.5) is 0 Å². The molecule has 0 radical (unpaired) electrons. The van der Waals surface area contributed by atoms with E-state index in [9.17, 15) is 14.4 Å². The van der Waals surface area contributed by atoms with Crippen LogP contribution in [0.2, 0.25) is 0 Å². The highest BCUT2D eigenvalue weighted by Gasteiger charge is 2.53. The molecule has 0 aromatic heterocycles. The van der Waals surface area contributed by atoms with Crippen molar-refractivity contribution in [3.05, 3.63) is 64.9 Å². The average molecular weight is 550 g/mol. The van der Waals surface area contributed by atoms with Crippen LogP contribution in [0.3, 0.4) is 0 Å². The summed E-state index contributed by atoms with van der Waals surface area (Å²) < 4.78 is 27.4. The highest BCUT2D eigenvalue weighted by Crippen LogP contribution is 2.50. The predicted molar refractivity (Wildman–Crippen MR) is 148 cm³/mol. The van der Waals surface area contributed by atoms with Gasteiger partial charge < -0.3 is 23.7 Å². The van der Waals surface area contributed by atoms with Crippen molar-refractivity contribution >= 4 is 23.4 Å². The summed E-state index contributed by atoms with van der Waals surface area (Å²) in [5.74, 6) is -3.32. The lowest BCUT2D eigenvalue weighted by atomic mass is 9.62. The average Bonchev–Trinajstić information content (AvgIpc) is 2.96. The van der Waals surface area contributed by atoms with Gasteiger partial charge in [-0.3, -0.25) is 14.6 Å². The lowest BCUT2D eigenvalue weighted by Gasteiger charge is -2.41. The van der Waals surface area contributed by atoms with Crippen LogP contribution in [-0.4, -0.2) is 58.0 Å². The zero-order valence-electron chi connectivity index (χ0n) is 23.7. The van der Waals surface area contributed by atoms with E-state index in [-0.39, 0.29) is 24.6 Å². The molecule has 9 heteroatoms. The molecular weight excluding hydrogens is 514 g/mol. The Labute approximate surface area is 234 Å². The van der Waals surface area contributed by atoms with Crippen molar-refractivity contribution in [1.82, 2.24) is 0 Å². The first-order chi connectivity index (χ1) is 19.3. The number of esters is 2. The summed E-state index contributed by atoms with van der Waals surface area (Å²) in [5.41, 5.74) is 2.61. The largest absolute Gasteiger partial charge is 0.497 e. The van der Waals surface area contributed by atoms with Gasteiger partial charge in [-0.2, -0.15) is 0 Å². The van der Waals surface area contributed by atoms with E-state index in [1.165, 1.54) is 14.2 Å². The van der Waals surface area contributed by atoms with Crippen molar-refractivity contribution < 1.29 is 38.1 Å². The summed E-state index contributed by atoms with van der Waals surface area (Å²) >= 11 is 0. The van der Waals surface area contributed by atoms with Gasteiger partial charge in [-0.1, -0.05) is 12.1 Å². The van der Waals surface area contributed by atoms with Crippen molar-refractivity contribution in [2.75, 3.05) is 34.5 Å². The van der Waals surface area contributed by atoms with Gasteiger partial charge in [0.25, 0.3) is 0 Å². The number of allylic oxidation sites excluding steroid dienone is 1. The summed E-state index contributed by atoms with van der Waals surface area (Å²) in [4.78, 5) is 46.1. The standard InChI is InChI=1S/C31H35NO8/c1-7-39-30(34)25-17(3)32-23-16-21(18-10-9-11-19(14-18)36-4)27(31(35)40-8-2)29(33)28(23)26(25)22-15-20(37-5)12-13-24(22)38-6/h9-15,21,26-28H,7-8,16H2,1-6H3/t21-,26-,27-,28?/m1/s1. The van der Waals surface area contributed by atoms with Crippen LogP contribution in [0.25, 0.3) is 0 Å². The molecule has 0 N–H and O–H groups in total. The number of hydrogen-bond acceptors (Lipinski definition) is 9. The minimum atomic E-state index is -1.11. The zero-order chi connectivity index (χ0) is 29.0. The molecule has 212 valence electrons. The molecule has 1 aliphatic heterocycles. The van der Waals surface area contributed by atoms with Crippen LogP contribution < -0.4 is 14.2 Å². The SMILES string of the molecule is CCOC(=O)C1=C(C)N=C2C[C@H](c3cccc(OC)c3)[C@@H](C(=O)OCC)C(=O)C2[C@@H]1c1cc(OC)ccc1OC. The number of carbonyl (C=O) groups excluding carboxylic acids is 3. The second kappa shape index (κ2) is 12.4. The molecule has 1 heterocycles. The quantitative estimate of drug-likeness (QED) is 0.329. The third-order valence-electron chi connectivity index (χ3n) is 7.48. The number of ether oxygens (including phenoxy) is 5. The zero-order valence-corrected chi connectivity index (χ0v) is 23.7. The van der Waals surface area contributed by atoms with Crippen LogP contribution in [0.15, 0.2) is 58.7 Å². The first kappa shape index (κ1) is 28.9. The summed E-state index contributed by atoms with van der Waals surface area (Å²) in [5, 5.41) is 0. The van der Waals surface area contributed by atoms with Gasteiger partial charge in [0.05, 0.1) is 46.0 Å². The van der Waals surface area contributed by atoms with Crippen LogP contribution in [-0.2, 0) is 23.9 Å². The van der Waals surface area contributed by atoms with Gasteiger partial charge >= 0.3 is 11.9 Å². The summed E-state index contributed by atoms with van der Waals surface area (Å²) in [6, 6.07) is 12.5. The fraction of sp³-hybridized carbons (Fsp3) is 0.419. The number of hydrogen-bond donors (Lipinski definition) is 0. The van der Waals surface area contributed by atoms with Gasteiger partial charge in [-0.15, -0.1) is 0 Å². The van der Waals surface area contributed by atoms with E-state index in [2.05, 4.69) is 0 Å². The van der Waals surface area contributed by atoms with Crippen molar-refractivity contribution in [3.63, 3.8) is 0 Å². The maximum absolute atomic E-state index is 14.5. The smallest absolute Gasteiger partial charge is 0.336 e.